The van der Waals surface area contributed by atoms with Crippen molar-refractivity contribution in [3.8, 4) is 0 Å². The lowest BCUT2D eigenvalue weighted by atomic mass is 9.89. The van der Waals surface area contributed by atoms with Gasteiger partial charge < -0.3 is 82.9 Å². The van der Waals surface area contributed by atoms with Crippen molar-refractivity contribution in [2.45, 2.75) is 91.2 Å². The van der Waals surface area contributed by atoms with Crippen LogP contribution in [-0.2, 0) is 79.3 Å². The summed E-state index contributed by atoms with van der Waals surface area (Å²) in [7, 11) is 1.60. The normalized spacial score (nSPS) is 12.9. The van der Waals surface area contributed by atoms with E-state index in [1.807, 2.05) is 13.8 Å². The van der Waals surface area contributed by atoms with Crippen LogP contribution in [0.25, 0.3) is 0 Å². The molecule has 0 atom stereocenters. The van der Waals surface area contributed by atoms with E-state index in [1.165, 1.54) is 32.1 Å². The van der Waals surface area contributed by atoms with Crippen molar-refractivity contribution in [2.75, 3.05) is 172 Å². The Balaban J connectivity index is 0.000000777. The van der Waals surface area contributed by atoms with E-state index in [4.69, 9.17) is 83.9 Å². The zero-order valence-electron chi connectivity index (χ0n) is 42.2. The van der Waals surface area contributed by atoms with Crippen molar-refractivity contribution in [3.05, 3.63) is 17.2 Å². The Morgan fingerprint density at radius 2 is 1.00 bits per heavy atom. The number of nitrogen functional groups attached to an aromatic ring is 1. The first-order valence-electron chi connectivity index (χ1n) is 24.8. The number of hydrogen-bond acceptors (Lipinski definition) is 18. The van der Waals surface area contributed by atoms with Gasteiger partial charge in [0.15, 0.2) is 0 Å². The molecule has 1 aliphatic carbocycles. The number of imidazole rings is 1. The number of ether oxygens (including phenoxy) is 13. The van der Waals surface area contributed by atoms with Gasteiger partial charge in [-0.25, -0.2) is 4.98 Å². The maximum absolute atomic E-state index is 11.0. The molecule has 2 rings (SSSR count). The van der Waals surface area contributed by atoms with E-state index in [0.717, 1.165) is 31.6 Å². The van der Waals surface area contributed by atoms with Gasteiger partial charge in [-0.05, 0) is 39.0 Å². The molecule has 1 fully saturated rings. The van der Waals surface area contributed by atoms with Gasteiger partial charge in [0.1, 0.15) is 23.0 Å². The standard InChI is InChI=1S/C28H58N2O13.C19H33N5O/c1-30-28(31)2-4-32-6-8-34-10-12-36-14-16-38-18-20-40-22-24-42-26-27-43-25-23-41-21-19-39-17-15-37-13-11-35-9-7-33-5-3-29;1-4-5-11-15-23-16(18(20)21)17(19(22)25-13(2)3)24(15)12-14-9-7-6-8-10-14/h2-27,29H2,1H3,(H,30,31);13-14,22H,4-12H2,1-3H3,(H3,20,21). The average Bonchev–Trinajstić information content (AvgIpc) is 3.70. The quantitative estimate of drug-likeness (QED) is 0.0357. The number of amidine groups is 1. The smallest absolute Gasteiger partial charge is 0.233 e. The minimum absolute atomic E-state index is 0.0364. The topological polar surface area (TPSA) is 267 Å². The lowest BCUT2D eigenvalue weighted by Gasteiger charge is -2.24. The fraction of sp³-hybridized carbons (Fsp3) is 0.872. The SMILES string of the molecule is CCCCc1nc(C(=N)N)c(C(=N)OC(C)C)n1CC1CCCCC1.CNC(=O)CCOCCOCCOCCOCCOCCOCCOCCOCCOCCOCCOCCOCCN. The van der Waals surface area contributed by atoms with Gasteiger partial charge in [-0.15, -0.1) is 0 Å². The summed E-state index contributed by atoms with van der Waals surface area (Å²) in [4.78, 5) is 15.7. The van der Waals surface area contributed by atoms with Crippen LogP contribution in [0.5, 0.6) is 0 Å². The largest absolute Gasteiger partial charge is 0.474 e. The summed E-state index contributed by atoms with van der Waals surface area (Å²) in [6, 6.07) is 0. The van der Waals surface area contributed by atoms with Crippen LogP contribution in [0.3, 0.4) is 0 Å². The molecule has 0 radical (unpaired) electrons. The van der Waals surface area contributed by atoms with Gasteiger partial charge in [-0.2, -0.15) is 0 Å². The number of carbonyl (C=O) groups excluding carboxylic acids is 1. The molecular weight excluding hydrogens is 887 g/mol. The molecule has 0 bridgehead atoms. The van der Waals surface area contributed by atoms with Crippen LogP contribution < -0.4 is 16.8 Å². The predicted octanol–water partition coefficient (Wildman–Crippen LogP) is 3.12. The zero-order valence-corrected chi connectivity index (χ0v) is 42.2. The molecule has 398 valence electrons. The maximum atomic E-state index is 11.0. The third-order valence-electron chi connectivity index (χ3n) is 9.90. The monoisotopic (exact) mass is 978 g/mol. The van der Waals surface area contributed by atoms with Crippen molar-refractivity contribution in [1.29, 1.82) is 10.8 Å². The predicted molar refractivity (Wildman–Crippen MR) is 259 cm³/mol. The Labute approximate surface area is 406 Å². The highest BCUT2D eigenvalue weighted by Gasteiger charge is 2.26. The summed E-state index contributed by atoms with van der Waals surface area (Å²) in [6.07, 6.45) is 9.55. The number of aromatic nitrogens is 2. The fourth-order valence-corrected chi connectivity index (χ4v) is 6.45. The molecular formula is C47H91N7O14. The maximum Gasteiger partial charge on any atom is 0.233 e. The van der Waals surface area contributed by atoms with Gasteiger partial charge in [-0.1, -0.05) is 32.6 Å². The molecule has 0 saturated heterocycles. The van der Waals surface area contributed by atoms with Crippen LogP contribution >= 0.6 is 0 Å². The van der Waals surface area contributed by atoms with E-state index in [1.54, 1.807) is 7.05 Å². The highest BCUT2D eigenvalue weighted by Crippen LogP contribution is 2.27. The molecule has 1 amide bonds. The molecule has 0 unspecified atom stereocenters. The van der Waals surface area contributed by atoms with Crippen LogP contribution in [0.4, 0.5) is 0 Å². The molecule has 1 aromatic rings. The number of aryl methyl sites for hydroxylation is 1. The summed E-state index contributed by atoms with van der Waals surface area (Å²) >= 11 is 0. The van der Waals surface area contributed by atoms with Crippen molar-refractivity contribution in [3.63, 3.8) is 0 Å². The molecule has 1 aliphatic rings. The Morgan fingerprint density at radius 1 is 0.632 bits per heavy atom. The Hall–Kier alpha value is -2.90. The summed E-state index contributed by atoms with van der Waals surface area (Å²) in [6.45, 7) is 19.4. The zero-order chi connectivity index (χ0) is 49.6. The van der Waals surface area contributed by atoms with Crippen LogP contribution in [0.2, 0.25) is 0 Å². The van der Waals surface area contributed by atoms with E-state index in [9.17, 15) is 4.79 Å². The molecule has 1 aromatic heterocycles. The highest BCUT2D eigenvalue weighted by atomic mass is 16.6. The van der Waals surface area contributed by atoms with Gasteiger partial charge in [0.05, 0.1) is 165 Å². The molecule has 0 aromatic carbocycles. The first kappa shape index (κ1) is 63.1. The van der Waals surface area contributed by atoms with E-state index in [0.29, 0.717) is 189 Å². The van der Waals surface area contributed by atoms with Crippen molar-refractivity contribution in [1.82, 2.24) is 14.9 Å². The van der Waals surface area contributed by atoms with Gasteiger partial charge in [0.2, 0.25) is 11.8 Å². The van der Waals surface area contributed by atoms with Crippen LogP contribution in [0.15, 0.2) is 0 Å². The van der Waals surface area contributed by atoms with E-state index in [-0.39, 0.29) is 23.7 Å². The van der Waals surface area contributed by atoms with Gasteiger partial charge in [-0.3, -0.25) is 15.6 Å². The minimum Gasteiger partial charge on any atom is -0.474 e. The first-order valence-corrected chi connectivity index (χ1v) is 24.8. The van der Waals surface area contributed by atoms with Gasteiger partial charge in [0, 0.05) is 33.0 Å². The van der Waals surface area contributed by atoms with E-state index in [2.05, 4.69) is 21.8 Å². The Morgan fingerprint density at radius 3 is 1.32 bits per heavy atom. The number of amides is 1. The second kappa shape index (κ2) is 46.5. The molecule has 0 spiro atoms. The number of unbranched alkanes of at least 4 members (excludes halogenated alkanes) is 1. The molecule has 0 aliphatic heterocycles. The van der Waals surface area contributed by atoms with Gasteiger partial charge in [0.25, 0.3) is 0 Å². The van der Waals surface area contributed by atoms with E-state index < -0.39 is 0 Å². The fourth-order valence-electron chi connectivity index (χ4n) is 6.45. The van der Waals surface area contributed by atoms with Crippen molar-refractivity contribution < 1.29 is 66.4 Å². The molecule has 1 saturated carbocycles. The number of nitrogens with two attached hydrogens (primary N) is 2. The van der Waals surface area contributed by atoms with Crippen LogP contribution in [0.1, 0.15) is 89.4 Å². The number of hydrogen-bond donors (Lipinski definition) is 5. The minimum atomic E-state index is -0.0931. The second-order valence-electron chi connectivity index (χ2n) is 15.9. The Bertz CT molecular complexity index is 1340. The molecule has 1 heterocycles. The van der Waals surface area contributed by atoms with Crippen LogP contribution in [0, 0.1) is 16.7 Å². The molecule has 68 heavy (non-hydrogen) atoms. The number of carbonyl (C=O) groups is 1. The average molecular weight is 978 g/mol. The number of rotatable bonds is 46. The highest BCUT2D eigenvalue weighted by molar-refractivity contribution is 6.04. The summed E-state index contributed by atoms with van der Waals surface area (Å²) < 4.78 is 72.6. The summed E-state index contributed by atoms with van der Waals surface area (Å²) in [5, 5.41) is 18.9. The lowest BCUT2D eigenvalue weighted by molar-refractivity contribution is -0.121. The Kier molecular flexibility index (Phi) is 43.1. The second-order valence-corrected chi connectivity index (χ2v) is 15.9. The third-order valence-corrected chi connectivity index (χ3v) is 9.90. The molecule has 21 heteroatoms. The molecule has 21 nitrogen and oxygen atoms in total. The summed E-state index contributed by atoms with van der Waals surface area (Å²) in [5.74, 6) is 1.49. The third kappa shape index (κ3) is 36.1. The number of nitrogens with zero attached hydrogens (tertiary/aromatic N) is 2. The first-order chi connectivity index (χ1) is 33.2. The lowest BCUT2D eigenvalue weighted by Crippen LogP contribution is -2.24. The van der Waals surface area contributed by atoms with Crippen molar-refractivity contribution in [2.24, 2.45) is 17.4 Å². The van der Waals surface area contributed by atoms with E-state index >= 15 is 0 Å². The summed E-state index contributed by atoms with van der Waals surface area (Å²) in [5.41, 5.74) is 12.1. The van der Waals surface area contributed by atoms with Crippen LogP contribution in [-0.4, -0.2) is 205 Å². The molecule has 7 N–H and O–H groups in total. The van der Waals surface area contributed by atoms with Gasteiger partial charge >= 0.3 is 0 Å². The number of nitrogens with one attached hydrogen (secondary N) is 3. The van der Waals surface area contributed by atoms with Crippen molar-refractivity contribution >= 4 is 17.6 Å².